The summed E-state index contributed by atoms with van der Waals surface area (Å²) >= 11 is 4.98. The Kier molecular flexibility index (Phi) is 8.50. The van der Waals surface area contributed by atoms with Crippen molar-refractivity contribution in [1.82, 2.24) is 25.1 Å². The Bertz CT molecular complexity index is 1050. The van der Waals surface area contributed by atoms with Gasteiger partial charge in [0.15, 0.2) is 10.8 Å². The first-order chi connectivity index (χ1) is 15.1. The van der Waals surface area contributed by atoms with Crippen LogP contribution in [0.15, 0.2) is 34.0 Å². The third-order valence-corrected chi connectivity index (χ3v) is 5.80. The lowest BCUT2D eigenvalue weighted by Crippen LogP contribution is -2.28. The monoisotopic (exact) mass is 508 g/mol. The van der Waals surface area contributed by atoms with E-state index in [2.05, 4.69) is 48.6 Å². The third kappa shape index (κ3) is 5.86. The van der Waals surface area contributed by atoms with Crippen LogP contribution in [0, 0.1) is 0 Å². The molecule has 0 fully saturated rings. The molecule has 1 amide bonds. The van der Waals surface area contributed by atoms with Crippen molar-refractivity contribution in [3.05, 3.63) is 34.4 Å². The average Bonchev–Trinajstić information content (AvgIpc) is 3.17. The maximum absolute atomic E-state index is 12.6. The van der Waals surface area contributed by atoms with E-state index in [0.29, 0.717) is 47.2 Å². The van der Waals surface area contributed by atoms with Gasteiger partial charge in [0.2, 0.25) is 0 Å². The highest BCUT2D eigenvalue weighted by molar-refractivity contribution is 9.10. The summed E-state index contributed by atoms with van der Waals surface area (Å²) < 4.78 is 12.8. The van der Waals surface area contributed by atoms with Gasteiger partial charge in [0.25, 0.3) is 5.91 Å². The van der Waals surface area contributed by atoms with Crippen LogP contribution in [0.3, 0.4) is 0 Å². The molecule has 2 aromatic heterocycles. The average molecular weight is 509 g/mol. The fourth-order valence-corrected chi connectivity index (χ4v) is 3.87. The van der Waals surface area contributed by atoms with Crippen LogP contribution in [0.25, 0.3) is 11.0 Å². The number of hydrogen-bond donors (Lipinski definition) is 2. The van der Waals surface area contributed by atoms with Gasteiger partial charge in [-0.25, -0.2) is 14.6 Å². The van der Waals surface area contributed by atoms with Crippen LogP contribution < -0.4 is 15.4 Å². The van der Waals surface area contributed by atoms with Gasteiger partial charge in [-0.2, -0.15) is 5.10 Å². The fourth-order valence-electron chi connectivity index (χ4n) is 2.87. The van der Waals surface area contributed by atoms with E-state index in [4.69, 9.17) is 9.47 Å². The summed E-state index contributed by atoms with van der Waals surface area (Å²) in [5, 5.41) is 12.2. The Hall–Kier alpha value is -2.37. The Morgan fingerprint density at radius 3 is 2.84 bits per heavy atom. The summed E-state index contributed by atoms with van der Waals surface area (Å²) in [6.45, 7) is 4.13. The van der Waals surface area contributed by atoms with Gasteiger partial charge in [0, 0.05) is 24.7 Å². The van der Waals surface area contributed by atoms with Gasteiger partial charge < -0.3 is 20.1 Å². The van der Waals surface area contributed by atoms with Crippen molar-refractivity contribution < 1.29 is 14.3 Å². The highest BCUT2D eigenvalue weighted by Gasteiger charge is 2.14. The van der Waals surface area contributed by atoms with Gasteiger partial charge in [-0.3, -0.25) is 4.79 Å². The molecule has 0 aliphatic heterocycles. The first-order valence-corrected chi connectivity index (χ1v) is 11.6. The number of nitrogens with one attached hydrogen (secondary N) is 2. The van der Waals surface area contributed by atoms with E-state index in [9.17, 15) is 4.79 Å². The summed E-state index contributed by atoms with van der Waals surface area (Å²) in [6, 6.07) is 5.28. The van der Waals surface area contributed by atoms with Crippen LogP contribution in [-0.4, -0.2) is 65.3 Å². The number of ether oxygens (including phenoxy) is 2. The molecule has 3 aromatic rings. The normalized spacial score (nSPS) is 11.0. The molecule has 11 heteroatoms. The first kappa shape index (κ1) is 23.3. The number of hydrogen-bond acceptors (Lipinski definition) is 8. The quantitative estimate of drug-likeness (QED) is 0.231. The van der Waals surface area contributed by atoms with Gasteiger partial charge in [-0.15, -0.1) is 0 Å². The minimum Gasteiger partial charge on any atom is -0.497 e. The largest absolute Gasteiger partial charge is 0.497 e. The van der Waals surface area contributed by atoms with Gasteiger partial charge in [-0.05, 0) is 39.9 Å². The zero-order valence-corrected chi connectivity index (χ0v) is 20.0. The van der Waals surface area contributed by atoms with Crippen LogP contribution >= 0.6 is 27.7 Å². The number of aromatic nitrogens is 4. The second-order valence-electron chi connectivity index (χ2n) is 6.41. The number of nitrogens with zero attached hydrogens (tertiary/aromatic N) is 4. The summed E-state index contributed by atoms with van der Waals surface area (Å²) in [5.74, 6) is 2.02. The number of fused-ring (bicyclic) bond motifs is 1. The van der Waals surface area contributed by atoms with Crippen molar-refractivity contribution >= 4 is 50.5 Å². The highest BCUT2D eigenvalue weighted by atomic mass is 79.9. The molecule has 0 aliphatic carbocycles. The number of carbonyl (C=O) groups excluding carboxylic acids is 1. The van der Waals surface area contributed by atoms with E-state index >= 15 is 0 Å². The Balaban J connectivity index is 1.73. The standard InChI is InChI=1S/C20H25BrN6O3S/c1-4-31-20-25-17(22-8-10-29-2)15-12-24-27(18(15)26-20)9-7-23-19(28)14-11-13(30-3)5-6-16(14)21/h5-6,11-12H,4,7-10H2,1-3H3,(H,23,28)(H,22,25,26). The molecule has 0 aliphatic rings. The number of anilines is 1. The van der Waals surface area contributed by atoms with Crippen molar-refractivity contribution in [3.63, 3.8) is 0 Å². The number of amides is 1. The minimum absolute atomic E-state index is 0.194. The van der Waals surface area contributed by atoms with Gasteiger partial charge in [-0.1, -0.05) is 18.7 Å². The maximum atomic E-state index is 12.6. The molecule has 166 valence electrons. The number of rotatable bonds is 11. The lowest BCUT2D eigenvalue weighted by molar-refractivity contribution is 0.0951. The second-order valence-corrected chi connectivity index (χ2v) is 8.50. The van der Waals surface area contributed by atoms with E-state index < -0.39 is 0 Å². The number of carbonyl (C=O) groups is 1. The molecular weight excluding hydrogens is 484 g/mol. The second kappa shape index (κ2) is 11.3. The van der Waals surface area contributed by atoms with Crippen LogP contribution in [0.1, 0.15) is 17.3 Å². The topological polar surface area (TPSA) is 103 Å². The predicted molar refractivity (Wildman–Crippen MR) is 125 cm³/mol. The lowest BCUT2D eigenvalue weighted by atomic mass is 10.2. The van der Waals surface area contributed by atoms with E-state index in [-0.39, 0.29) is 5.91 Å². The van der Waals surface area contributed by atoms with Crippen molar-refractivity contribution in [3.8, 4) is 5.75 Å². The molecular formula is C20H25BrN6O3S. The van der Waals surface area contributed by atoms with E-state index in [0.717, 1.165) is 22.6 Å². The molecule has 9 nitrogen and oxygen atoms in total. The summed E-state index contributed by atoms with van der Waals surface area (Å²) in [5.41, 5.74) is 1.24. The Morgan fingerprint density at radius 1 is 1.26 bits per heavy atom. The summed E-state index contributed by atoms with van der Waals surface area (Å²) in [7, 11) is 3.23. The Labute approximate surface area is 193 Å². The minimum atomic E-state index is -0.194. The molecule has 0 spiro atoms. The summed E-state index contributed by atoms with van der Waals surface area (Å²) in [4.78, 5) is 21.8. The molecule has 0 atom stereocenters. The smallest absolute Gasteiger partial charge is 0.252 e. The molecule has 0 saturated heterocycles. The summed E-state index contributed by atoms with van der Waals surface area (Å²) in [6.07, 6.45) is 1.74. The molecule has 2 heterocycles. The van der Waals surface area contributed by atoms with Gasteiger partial charge in [0.05, 0.1) is 37.4 Å². The lowest BCUT2D eigenvalue weighted by Gasteiger charge is -2.10. The zero-order valence-electron chi connectivity index (χ0n) is 17.6. The van der Waals surface area contributed by atoms with Crippen LogP contribution in [0.4, 0.5) is 5.82 Å². The molecule has 2 N–H and O–H groups in total. The molecule has 0 unspecified atom stereocenters. The third-order valence-electron chi connectivity index (χ3n) is 4.38. The molecule has 0 radical (unpaired) electrons. The molecule has 1 aromatic carbocycles. The Morgan fingerprint density at radius 2 is 2.10 bits per heavy atom. The molecule has 3 rings (SSSR count). The van der Waals surface area contributed by atoms with Crippen molar-refractivity contribution in [2.75, 3.05) is 45.0 Å². The first-order valence-electron chi connectivity index (χ1n) is 9.78. The van der Waals surface area contributed by atoms with Gasteiger partial charge in [0.1, 0.15) is 11.6 Å². The number of benzene rings is 1. The van der Waals surface area contributed by atoms with Crippen molar-refractivity contribution in [1.29, 1.82) is 0 Å². The molecule has 31 heavy (non-hydrogen) atoms. The molecule has 0 bridgehead atoms. The van der Waals surface area contributed by atoms with Crippen LogP contribution in [0.2, 0.25) is 0 Å². The predicted octanol–water partition coefficient (Wildman–Crippen LogP) is 3.20. The number of halogens is 1. The van der Waals surface area contributed by atoms with Crippen LogP contribution in [-0.2, 0) is 11.3 Å². The zero-order chi connectivity index (χ0) is 22.2. The highest BCUT2D eigenvalue weighted by Crippen LogP contribution is 2.24. The van der Waals surface area contributed by atoms with Crippen LogP contribution in [0.5, 0.6) is 5.75 Å². The number of methoxy groups -OCH3 is 2. The SMILES string of the molecule is CCSc1nc(NCCOC)c2cnn(CCNC(=O)c3cc(OC)ccc3Br)c2n1. The van der Waals surface area contributed by atoms with Gasteiger partial charge >= 0.3 is 0 Å². The molecule has 0 saturated carbocycles. The van der Waals surface area contributed by atoms with E-state index in [1.54, 1.807) is 55.1 Å². The van der Waals surface area contributed by atoms with E-state index in [1.807, 2.05) is 0 Å². The fraction of sp³-hybridized carbons (Fsp3) is 0.400. The van der Waals surface area contributed by atoms with Crippen molar-refractivity contribution in [2.45, 2.75) is 18.6 Å². The maximum Gasteiger partial charge on any atom is 0.252 e. The van der Waals surface area contributed by atoms with Crippen molar-refractivity contribution in [2.24, 2.45) is 0 Å². The van der Waals surface area contributed by atoms with E-state index in [1.165, 1.54) is 0 Å². The number of thioether (sulfide) groups is 1.